The van der Waals surface area contributed by atoms with Crippen LogP contribution >= 0.6 is 0 Å². The molecule has 3 aromatic rings. The second kappa shape index (κ2) is 7.85. The van der Waals surface area contributed by atoms with Gasteiger partial charge >= 0.3 is 6.18 Å². The van der Waals surface area contributed by atoms with Crippen molar-refractivity contribution in [1.29, 1.82) is 0 Å². The Bertz CT molecular complexity index is 1160. The van der Waals surface area contributed by atoms with Crippen LogP contribution in [0.25, 0.3) is 0 Å². The summed E-state index contributed by atoms with van der Waals surface area (Å²) in [6.07, 6.45) is -5.20. The molecule has 0 radical (unpaired) electrons. The number of nitrogens with two attached hydrogens (primary N) is 2. The lowest BCUT2D eigenvalue weighted by Crippen LogP contribution is -2.10. The fraction of sp³-hybridized carbons (Fsp3) is 0.0526. The molecule has 12 heteroatoms. The van der Waals surface area contributed by atoms with Crippen molar-refractivity contribution in [2.75, 3.05) is 11.5 Å². The van der Waals surface area contributed by atoms with Crippen molar-refractivity contribution in [2.24, 2.45) is 0 Å². The second-order valence-electron chi connectivity index (χ2n) is 6.09. The fourth-order valence-corrected chi connectivity index (χ4v) is 2.48. The Morgan fingerprint density at radius 1 is 0.613 bits per heavy atom. The topological polar surface area (TPSA) is 70.5 Å². The zero-order valence-corrected chi connectivity index (χ0v) is 15.0. The molecule has 4 N–H and O–H groups in total. The second-order valence-corrected chi connectivity index (χ2v) is 6.09. The first-order valence-corrected chi connectivity index (χ1v) is 8.13. The molecule has 0 heterocycles. The molecule has 0 amide bonds. The minimum absolute atomic E-state index is 0.287. The summed E-state index contributed by atoms with van der Waals surface area (Å²) in [5.41, 5.74) is 8.17. The van der Waals surface area contributed by atoms with Gasteiger partial charge in [0.1, 0.15) is 5.56 Å². The van der Waals surface area contributed by atoms with Crippen molar-refractivity contribution in [1.82, 2.24) is 0 Å². The third-order valence-corrected chi connectivity index (χ3v) is 3.83. The van der Waals surface area contributed by atoms with Crippen molar-refractivity contribution in [3.05, 3.63) is 71.0 Å². The van der Waals surface area contributed by atoms with E-state index in [2.05, 4.69) is 4.74 Å². The summed E-state index contributed by atoms with van der Waals surface area (Å²) >= 11 is 0. The molecule has 31 heavy (non-hydrogen) atoms. The first kappa shape index (κ1) is 22.0. The monoisotopic (exact) mass is 450 g/mol. The first-order valence-electron chi connectivity index (χ1n) is 8.13. The van der Waals surface area contributed by atoms with Crippen LogP contribution in [0.5, 0.6) is 23.0 Å². The summed E-state index contributed by atoms with van der Waals surface area (Å²) in [4.78, 5) is 0. The van der Waals surface area contributed by atoms with Gasteiger partial charge in [-0.25, -0.2) is 8.78 Å². The van der Waals surface area contributed by atoms with Crippen LogP contribution in [0.15, 0.2) is 36.4 Å². The van der Waals surface area contributed by atoms with Crippen LogP contribution in [-0.4, -0.2) is 0 Å². The third kappa shape index (κ3) is 4.42. The third-order valence-electron chi connectivity index (χ3n) is 3.83. The van der Waals surface area contributed by atoms with Gasteiger partial charge in [0.25, 0.3) is 0 Å². The zero-order valence-electron chi connectivity index (χ0n) is 15.0. The lowest BCUT2D eigenvalue weighted by molar-refractivity contribution is -0.138. The van der Waals surface area contributed by atoms with E-state index in [1.54, 1.807) is 0 Å². The summed E-state index contributed by atoms with van der Waals surface area (Å²) in [6, 6.07) is 3.25. The van der Waals surface area contributed by atoms with Gasteiger partial charge in [-0.05, 0) is 12.1 Å². The molecular formula is C19H10F8N2O2. The molecule has 0 spiro atoms. The van der Waals surface area contributed by atoms with Crippen molar-refractivity contribution in [2.45, 2.75) is 6.18 Å². The number of ether oxygens (including phenoxy) is 2. The number of nitrogen functional groups attached to an aromatic ring is 2. The maximum atomic E-state index is 14.9. The number of benzene rings is 3. The number of hydrogen-bond acceptors (Lipinski definition) is 4. The van der Waals surface area contributed by atoms with Gasteiger partial charge < -0.3 is 20.9 Å². The van der Waals surface area contributed by atoms with Gasteiger partial charge in [0.15, 0.2) is 34.6 Å². The first-order chi connectivity index (χ1) is 14.4. The van der Waals surface area contributed by atoms with E-state index in [1.807, 2.05) is 0 Å². The Labute approximate surface area is 168 Å². The largest absolute Gasteiger partial charge is 0.451 e. The summed E-state index contributed by atoms with van der Waals surface area (Å²) in [5.74, 6) is -13.0. The SMILES string of the molecule is Nc1cc(F)c(F)c(Oc2ccc(C(F)(F)F)c(Oc3cc(N)cc(F)c3F)c2F)c1. The molecule has 0 aliphatic carbocycles. The Hall–Kier alpha value is -3.70. The van der Waals surface area contributed by atoms with Crippen molar-refractivity contribution >= 4 is 11.4 Å². The van der Waals surface area contributed by atoms with Crippen LogP contribution in [0.1, 0.15) is 5.56 Å². The Morgan fingerprint density at radius 2 is 1.10 bits per heavy atom. The number of hydrogen-bond donors (Lipinski definition) is 2. The quantitative estimate of drug-likeness (QED) is 0.370. The number of halogens is 8. The Kier molecular flexibility index (Phi) is 5.57. The summed E-state index contributed by atoms with van der Waals surface area (Å²) in [6.45, 7) is 0. The van der Waals surface area contributed by atoms with Gasteiger partial charge in [0, 0.05) is 35.6 Å². The maximum Gasteiger partial charge on any atom is 0.420 e. The van der Waals surface area contributed by atoms with E-state index in [9.17, 15) is 35.1 Å². The maximum absolute atomic E-state index is 14.9. The van der Waals surface area contributed by atoms with Gasteiger partial charge in [-0.2, -0.15) is 26.3 Å². The molecule has 0 fully saturated rings. The van der Waals surface area contributed by atoms with Crippen LogP contribution in [0.3, 0.4) is 0 Å². The van der Waals surface area contributed by atoms with Crippen LogP contribution in [0.4, 0.5) is 46.5 Å². The predicted molar refractivity (Wildman–Crippen MR) is 93.1 cm³/mol. The van der Waals surface area contributed by atoms with Gasteiger partial charge in [-0.15, -0.1) is 0 Å². The van der Waals surface area contributed by atoms with Crippen molar-refractivity contribution < 1.29 is 44.6 Å². The number of rotatable bonds is 4. The zero-order chi connectivity index (χ0) is 23.1. The van der Waals surface area contributed by atoms with E-state index in [0.717, 1.165) is 6.07 Å². The highest BCUT2D eigenvalue weighted by Gasteiger charge is 2.38. The highest BCUT2D eigenvalue weighted by Crippen LogP contribution is 2.44. The molecule has 0 saturated carbocycles. The molecule has 3 aromatic carbocycles. The van der Waals surface area contributed by atoms with Gasteiger partial charge in [0.05, 0.1) is 0 Å². The normalized spacial score (nSPS) is 11.5. The van der Waals surface area contributed by atoms with E-state index >= 15 is 0 Å². The van der Waals surface area contributed by atoms with E-state index in [1.165, 1.54) is 0 Å². The fourth-order valence-electron chi connectivity index (χ4n) is 2.48. The van der Waals surface area contributed by atoms with Gasteiger partial charge in [-0.1, -0.05) is 0 Å². The smallest absolute Gasteiger partial charge is 0.420 e. The average Bonchev–Trinajstić information content (AvgIpc) is 2.65. The van der Waals surface area contributed by atoms with Gasteiger partial charge in [0.2, 0.25) is 17.5 Å². The van der Waals surface area contributed by atoms with Crippen LogP contribution in [-0.2, 0) is 6.18 Å². The molecule has 0 aromatic heterocycles. The van der Waals surface area contributed by atoms with E-state index in [-0.39, 0.29) is 11.8 Å². The minimum atomic E-state index is -5.20. The van der Waals surface area contributed by atoms with Crippen LogP contribution in [0, 0.1) is 29.1 Å². The van der Waals surface area contributed by atoms with Crippen molar-refractivity contribution in [3.63, 3.8) is 0 Å². The van der Waals surface area contributed by atoms with Crippen molar-refractivity contribution in [3.8, 4) is 23.0 Å². The molecule has 164 valence electrons. The van der Waals surface area contributed by atoms with E-state index in [4.69, 9.17) is 16.2 Å². The molecule has 0 aliphatic heterocycles. The van der Waals surface area contributed by atoms with Gasteiger partial charge in [-0.3, -0.25) is 0 Å². The highest BCUT2D eigenvalue weighted by atomic mass is 19.4. The molecular weight excluding hydrogens is 440 g/mol. The molecule has 0 aliphatic rings. The summed E-state index contributed by atoms with van der Waals surface area (Å²) in [7, 11) is 0. The summed E-state index contributed by atoms with van der Waals surface area (Å²) < 4.78 is 119. The minimum Gasteiger partial charge on any atom is -0.451 e. The van der Waals surface area contributed by atoms with Crippen LogP contribution < -0.4 is 20.9 Å². The molecule has 3 rings (SSSR count). The van der Waals surface area contributed by atoms with E-state index in [0.29, 0.717) is 24.3 Å². The Morgan fingerprint density at radius 3 is 1.58 bits per heavy atom. The molecule has 4 nitrogen and oxygen atoms in total. The van der Waals surface area contributed by atoms with Crippen LogP contribution in [0.2, 0.25) is 0 Å². The lowest BCUT2D eigenvalue weighted by atomic mass is 10.1. The highest BCUT2D eigenvalue weighted by molar-refractivity contribution is 5.52. The summed E-state index contributed by atoms with van der Waals surface area (Å²) in [5, 5.41) is 0. The predicted octanol–water partition coefficient (Wildman–Crippen LogP) is 6.15. The lowest BCUT2D eigenvalue weighted by Gasteiger charge is -2.17. The number of anilines is 2. The number of alkyl halides is 3. The standard InChI is InChI=1S/C19H10F8N2O2/c20-10-3-7(28)5-13(15(10)22)30-12-2-1-9(19(25,26)27)18(17(12)24)31-14-6-8(29)4-11(21)16(14)23/h1-6H,28-29H2. The molecule has 0 unspecified atom stereocenters. The van der Waals surface area contributed by atoms with E-state index < -0.39 is 69.5 Å². The Balaban J connectivity index is 2.14. The molecule has 0 atom stereocenters. The molecule has 0 bridgehead atoms. The average molecular weight is 450 g/mol. The molecule has 0 saturated heterocycles.